The first kappa shape index (κ1) is 14.4. The Morgan fingerprint density at radius 3 is 3.05 bits per heavy atom. The number of nitrogens with zero attached hydrogens (tertiary/aromatic N) is 2. The smallest absolute Gasteiger partial charge is 0.107 e. The highest BCUT2D eigenvalue weighted by Crippen LogP contribution is 2.24. The molecular formula is C16H23N3O2. The minimum Gasteiger partial charge on any atom is -0.466 e. The summed E-state index contributed by atoms with van der Waals surface area (Å²) in [5.41, 5.74) is 3.17. The van der Waals surface area contributed by atoms with Crippen LogP contribution in [0.15, 0.2) is 16.5 Å². The van der Waals surface area contributed by atoms with Crippen molar-refractivity contribution < 1.29 is 9.52 Å². The van der Waals surface area contributed by atoms with Gasteiger partial charge in [0, 0.05) is 36.7 Å². The number of hydrogen-bond acceptors (Lipinski definition) is 4. The van der Waals surface area contributed by atoms with Crippen molar-refractivity contribution in [3.8, 4) is 0 Å². The standard InChI is InChI=1S/C16H23N3O2/c1-11(16-4-3-12(2)21-16)5-7-19-8-6-14-13(9-19)15(10-20)18-17-14/h3-4,11,20H,5-10H2,1-2H3,(H,17,18)/t11-/m1/s1. The Bertz CT molecular complexity index is 589. The average molecular weight is 289 g/mol. The van der Waals surface area contributed by atoms with Crippen LogP contribution in [0.1, 0.15) is 47.7 Å². The molecule has 1 aliphatic rings. The van der Waals surface area contributed by atoms with Gasteiger partial charge in [-0.2, -0.15) is 5.10 Å². The number of aryl methyl sites for hydroxylation is 1. The van der Waals surface area contributed by atoms with Crippen LogP contribution in [-0.2, 0) is 19.6 Å². The van der Waals surface area contributed by atoms with Crippen molar-refractivity contribution in [1.29, 1.82) is 0 Å². The number of rotatable bonds is 5. The zero-order valence-corrected chi connectivity index (χ0v) is 12.7. The van der Waals surface area contributed by atoms with Crippen molar-refractivity contribution >= 4 is 0 Å². The summed E-state index contributed by atoms with van der Waals surface area (Å²) >= 11 is 0. The Morgan fingerprint density at radius 1 is 1.48 bits per heavy atom. The third kappa shape index (κ3) is 3.04. The quantitative estimate of drug-likeness (QED) is 0.887. The monoisotopic (exact) mass is 289 g/mol. The number of aliphatic hydroxyl groups excluding tert-OH is 1. The molecule has 5 heteroatoms. The van der Waals surface area contributed by atoms with Crippen molar-refractivity contribution in [1.82, 2.24) is 15.1 Å². The van der Waals surface area contributed by atoms with E-state index in [1.807, 2.05) is 13.0 Å². The number of hydrogen-bond donors (Lipinski definition) is 2. The van der Waals surface area contributed by atoms with Gasteiger partial charge >= 0.3 is 0 Å². The normalized spacial score (nSPS) is 16.9. The van der Waals surface area contributed by atoms with E-state index in [0.29, 0.717) is 5.92 Å². The number of nitrogens with one attached hydrogen (secondary N) is 1. The van der Waals surface area contributed by atoms with E-state index in [1.54, 1.807) is 0 Å². The molecule has 3 heterocycles. The number of fused-ring (bicyclic) bond motifs is 1. The number of aromatic nitrogens is 2. The van der Waals surface area contributed by atoms with Gasteiger partial charge in [-0.25, -0.2) is 0 Å². The van der Waals surface area contributed by atoms with E-state index in [2.05, 4.69) is 28.1 Å². The third-order valence-electron chi connectivity index (χ3n) is 4.37. The summed E-state index contributed by atoms with van der Waals surface area (Å²) in [6.45, 7) is 7.18. The second-order valence-electron chi connectivity index (χ2n) is 5.95. The fourth-order valence-electron chi connectivity index (χ4n) is 2.97. The van der Waals surface area contributed by atoms with Crippen LogP contribution in [0.4, 0.5) is 0 Å². The van der Waals surface area contributed by atoms with E-state index in [0.717, 1.165) is 49.7 Å². The van der Waals surface area contributed by atoms with Gasteiger partial charge in [0.1, 0.15) is 11.5 Å². The van der Waals surface area contributed by atoms with Crippen LogP contribution >= 0.6 is 0 Å². The Labute approximate surface area is 125 Å². The number of aromatic amines is 1. The van der Waals surface area contributed by atoms with Gasteiger partial charge in [-0.1, -0.05) is 6.92 Å². The lowest BCUT2D eigenvalue weighted by molar-refractivity contribution is 0.234. The van der Waals surface area contributed by atoms with Gasteiger partial charge in [0.15, 0.2) is 0 Å². The summed E-state index contributed by atoms with van der Waals surface area (Å²) < 4.78 is 5.70. The lowest BCUT2D eigenvalue weighted by Gasteiger charge is -2.27. The van der Waals surface area contributed by atoms with E-state index in [-0.39, 0.29) is 6.61 Å². The minimum atomic E-state index is 0.0156. The van der Waals surface area contributed by atoms with Gasteiger partial charge in [0.05, 0.1) is 12.3 Å². The van der Waals surface area contributed by atoms with E-state index in [1.165, 1.54) is 11.3 Å². The largest absolute Gasteiger partial charge is 0.466 e. The Kier molecular flexibility index (Phi) is 4.12. The van der Waals surface area contributed by atoms with Crippen molar-refractivity contribution in [2.24, 2.45) is 0 Å². The molecule has 1 atom stereocenters. The molecule has 0 saturated carbocycles. The molecule has 1 aliphatic heterocycles. The summed E-state index contributed by atoms with van der Waals surface area (Å²) in [5, 5.41) is 16.5. The maximum atomic E-state index is 9.32. The highest BCUT2D eigenvalue weighted by Gasteiger charge is 2.22. The van der Waals surface area contributed by atoms with Crippen molar-refractivity contribution in [3.63, 3.8) is 0 Å². The average Bonchev–Trinajstić information content (AvgIpc) is 3.10. The first-order chi connectivity index (χ1) is 10.2. The molecule has 0 spiro atoms. The Balaban J connectivity index is 1.57. The molecule has 21 heavy (non-hydrogen) atoms. The van der Waals surface area contributed by atoms with Crippen LogP contribution in [0.25, 0.3) is 0 Å². The molecule has 0 aliphatic carbocycles. The van der Waals surface area contributed by atoms with Gasteiger partial charge in [-0.3, -0.25) is 10.00 Å². The molecule has 0 bridgehead atoms. The number of H-pyrrole nitrogens is 1. The molecule has 3 rings (SSSR count). The SMILES string of the molecule is Cc1ccc([C@H](C)CCN2CCc3[nH]nc(CO)c3C2)o1. The first-order valence-corrected chi connectivity index (χ1v) is 7.62. The molecule has 0 unspecified atom stereocenters. The zero-order valence-electron chi connectivity index (χ0n) is 12.7. The van der Waals surface area contributed by atoms with Gasteiger partial charge < -0.3 is 9.52 Å². The predicted octanol–water partition coefficient (Wildman–Crippen LogP) is 2.36. The highest BCUT2D eigenvalue weighted by molar-refractivity contribution is 5.27. The summed E-state index contributed by atoms with van der Waals surface area (Å²) in [5.74, 6) is 2.48. The van der Waals surface area contributed by atoms with Crippen molar-refractivity contribution in [2.75, 3.05) is 13.1 Å². The van der Waals surface area contributed by atoms with E-state index in [9.17, 15) is 5.11 Å². The molecule has 114 valence electrons. The van der Waals surface area contributed by atoms with Crippen LogP contribution in [0.5, 0.6) is 0 Å². The molecule has 0 aromatic carbocycles. The lowest BCUT2D eigenvalue weighted by atomic mass is 10.0. The maximum absolute atomic E-state index is 9.32. The molecule has 0 saturated heterocycles. The molecule has 2 aromatic heterocycles. The van der Waals surface area contributed by atoms with Crippen molar-refractivity contribution in [2.45, 2.75) is 45.8 Å². The molecule has 0 amide bonds. The van der Waals surface area contributed by atoms with Crippen LogP contribution in [-0.4, -0.2) is 33.3 Å². The second-order valence-corrected chi connectivity index (χ2v) is 5.95. The molecular weight excluding hydrogens is 266 g/mol. The molecule has 0 fully saturated rings. The first-order valence-electron chi connectivity index (χ1n) is 7.62. The van der Waals surface area contributed by atoms with Gasteiger partial charge in [-0.05, 0) is 32.0 Å². The fourth-order valence-corrected chi connectivity index (χ4v) is 2.97. The van der Waals surface area contributed by atoms with Gasteiger partial charge in [-0.15, -0.1) is 0 Å². The van der Waals surface area contributed by atoms with Crippen LogP contribution in [0, 0.1) is 6.92 Å². The minimum absolute atomic E-state index is 0.0156. The van der Waals surface area contributed by atoms with Crippen LogP contribution in [0.3, 0.4) is 0 Å². The van der Waals surface area contributed by atoms with Crippen LogP contribution in [0.2, 0.25) is 0 Å². The summed E-state index contributed by atoms with van der Waals surface area (Å²) in [6, 6.07) is 4.10. The Hall–Kier alpha value is -1.59. The topological polar surface area (TPSA) is 65.3 Å². The zero-order chi connectivity index (χ0) is 14.8. The van der Waals surface area contributed by atoms with E-state index in [4.69, 9.17) is 4.42 Å². The van der Waals surface area contributed by atoms with E-state index >= 15 is 0 Å². The summed E-state index contributed by atoms with van der Waals surface area (Å²) in [4.78, 5) is 2.43. The predicted molar refractivity (Wildman–Crippen MR) is 80.0 cm³/mol. The third-order valence-corrected chi connectivity index (χ3v) is 4.37. The van der Waals surface area contributed by atoms with E-state index < -0.39 is 0 Å². The van der Waals surface area contributed by atoms with Gasteiger partial charge in [0.25, 0.3) is 0 Å². The molecule has 2 aromatic rings. The number of aliphatic hydroxyl groups is 1. The molecule has 2 N–H and O–H groups in total. The second kappa shape index (κ2) is 6.03. The van der Waals surface area contributed by atoms with Crippen molar-refractivity contribution in [3.05, 3.63) is 40.6 Å². The molecule has 5 nitrogen and oxygen atoms in total. The highest BCUT2D eigenvalue weighted by atomic mass is 16.3. The maximum Gasteiger partial charge on any atom is 0.107 e. The summed E-state index contributed by atoms with van der Waals surface area (Å²) in [7, 11) is 0. The summed E-state index contributed by atoms with van der Waals surface area (Å²) in [6.07, 6.45) is 2.06. The number of furan rings is 1. The molecule has 0 radical (unpaired) electrons. The fraction of sp³-hybridized carbons (Fsp3) is 0.562. The van der Waals surface area contributed by atoms with Crippen LogP contribution < -0.4 is 0 Å². The lowest BCUT2D eigenvalue weighted by Crippen LogP contribution is -2.32. The van der Waals surface area contributed by atoms with Gasteiger partial charge in [0.2, 0.25) is 0 Å². The Morgan fingerprint density at radius 2 is 2.33 bits per heavy atom.